The van der Waals surface area contributed by atoms with Gasteiger partial charge in [0.25, 0.3) is 0 Å². The standard InChI is InChI=1S/C17H30N6OS/c1-18-16(19-12-17(21(2)3)5-8-25-13-17)23-6-7-24-15(11-23)14-9-20-22(4)10-14/h9-10,15H,5-8,11-13H2,1-4H3,(H,18,19). The van der Waals surface area contributed by atoms with Crippen LogP contribution in [0.2, 0.25) is 0 Å². The maximum absolute atomic E-state index is 5.95. The second-order valence-electron chi connectivity index (χ2n) is 7.07. The summed E-state index contributed by atoms with van der Waals surface area (Å²) >= 11 is 2.04. The minimum atomic E-state index is 0.0471. The molecule has 0 radical (unpaired) electrons. The van der Waals surface area contributed by atoms with Crippen molar-refractivity contribution >= 4 is 17.7 Å². The first-order valence-electron chi connectivity index (χ1n) is 8.85. The molecule has 0 aromatic carbocycles. The van der Waals surface area contributed by atoms with E-state index in [9.17, 15) is 0 Å². The van der Waals surface area contributed by atoms with Gasteiger partial charge in [-0.2, -0.15) is 16.9 Å². The second kappa shape index (κ2) is 7.97. The van der Waals surface area contributed by atoms with Gasteiger partial charge in [-0.15, -0.1) is 0 Å². The summed E-state index contributed by atoms with van der Waals surface area (Å²) in [6.45, 7) is 3.29. The van der Waals surface area contributed by atoms with Crippen molar-refractivity contribution in [3.8, 4) is 0 Å². The van der Waals surface area contributed by atoms with Gasteiger partial charge >= 0.3 is 0 Å². The van der Waals surface area contributed by atoms with Crippen LogP contribution < -0.4 is 5.32 Å². The van der Waals surface area contributed by atoms with Crippen LogP contribution >= 0.6 is 11.8 Å². The van der Waals surface area contributed by atoms with Crippen molar-refractivity contribution in [2.75, 3.05) is 58.9 Å². The molecule has 0 amide bonds. The number of guanidine groups is 1. The number of nitrogens with one attached hydrogen (secondary N) is 1. The monoisotopic (exact) mass is 366 g/mol. The fourth-order valence-corrected chi connectivity index (χ4v) is 5.03. The molecule has 2 aliphatic heterocycles. The number of morpholine rings is 1. The molecule has 0 aliphatic carbocycles. The van der Waals surface area contributed by atoms with Gasteiger partial charge in [-0.25, -0.2) is 0 Å². The molecule has 2 aliphatic rings. The molecule has 3 heterocycles. The van der Waals surface area contributed by atoms with Crippen molar-refractivity contribution in [1.29, 1.82) is 0 Å². The van der Waals surface area contributed by atoms with Crippen LogP contribution in [0.25, 0.3) is 0 Å². The molecule has 25 heavy (non-hydrogen) atoms. The SMILES string of the molecule is CN=C(NCC1(N(C)C)CCSC1)N1CCOC(c2cnn(C)c2)C1. The maximum atomic E-state index is 5.95. The van der Waals surface area contributed by atoms with E-state index in [-0.39, 0.29) is 11.6 Å². The van der Waals surface area contributed by atoms with E-state index in [4.69, 9.17) is 4.74 Å². The number of thioether (sulfide) groups is 1. The van der Waals surface area contributed by atoms with Crippen molar-refractivity contribution < 1.29 is 4.74 Å². The molecular formula is C17H30N6OS. The number of aliphatic imine (C=N–C) groups is 1. The Morgan fingerprint density at radius 3 is 3.00 bits per heavy atom. The second-order valence-corrected chi connectivity index (χ2v) is 8.18. The average molecular weight is 367 g/mol. The molecule has 8 heteroatoms. The zero-order chi connectivity index (χ0) is 17.9. The van der Waals surface area contributed by atoms with E-state index in [1.807, 2.05) is 42.9 Å². The first-order valence-corrected chi connectivity index (χ1v) is 10.0. The summed E-state index contributed by atoms with van der Waals surface area (Å²) in [6, 6.07) is 0. The summed E-state index contributed by atoms with van der Waals surface area (Å²) in [5, 5.41) is 7.89. The summed E-state index contributed by atoms with van der Waals surface area (Å²) in [4.78, 5) is 9.19. The molecule has 2 saturated heterocycles. The van der Waals surface area contributed by atoms with Crippen LogP contribution in [0.4, 0.5) is 0 Å². The number of rotatable bonds is 4. The third-order valence-corrected chi connectivity index (χ3v) is 6.52. The minimum absolute atomic E-state index is 0.0471. The van der Waals surface area contributed by atoms with Crippen molar-refractivity contribution in [2.45, 2.75) is 18.1 Å². The number of aryl methyl sites for hydroxylation is 1. The van der Waals surface area contributed by atoms with Gasteiger partial charge < -0.3 is 19.9 Å². The summed E-state index contributed by atoms with van der Waals surface area (Å²) in [7, 11) is 8.17. The number of nitrogens with zero attached hydrogens (tertiary/aromatic N) is 5. The smallest absolute Gasteiger partial charge is 0.193 e. The van der Waals surface area contributed by atoms with Crippen LogP contribution in [0.15, 0.2) is 17.4 Å². The van der Waals surface area contributed by atoms with Crippen LogP contribution in [0.3, 0.4) is 0 Å². The van der Waals surface area contributed by atoms with E-state index >= 15 is 0 Å². The third kappa shape index (κ3) is 4.12. The Kier molecular flexibility index (Phi) is 5.91. The van der Waals surface area contributed by atoms with E-state index in [1.165, 1.54) is 17.9 Å². The highest BCUT2D eigenvalue weighted by atomic mass is 32.2. The van der Waals surface area contributed by atoms with Gasteiger partial charge in [-0.3, -0.25) is 9.67 Å². The topological polar surface area (TPSA) is 57.9 Å². The molecule has 0 bridgehead atoms. The van der Waals surface area contributed by atoms with Gasteiger partial charge in [-0.1, -0.05) is 0 Å². The Hall–Kier alpha value is -1.25. The lowest BCUT2D eigenvalue weighted by Gasteiger charge is -2.39. The number of hydrogen-bond acceptors (Lipinski definition) is 5. The molecular weight excluding hydrogens is 336 g/mol. The average Bonchev–Trinajstić information content (AvgIpc) is 3.26. The van der Waals surface area contributed by atoms with Crippen LogP contribution in [0, 0.1) is 0 Å². The number of hydrogen-bond donors (Lipinski definition) is 1. The van der Waals surface area contributed by atoms with E-state index in [2.05, 4.69) is 39.3 Å². The summed E-state index contributed by atoms with van der Waals surface area (Å²) in [5.41, 5.74) is 1.34. The molecule has 140 valence electrons. The Morgan fingerprint density at radius 2 is 2.40 bits per heavy atom. The Morgan fingerprint density at radius 1 is 1.56 bits per heavy atom. The number of ether oxygens (including phenoxy) is 1. The lowest BCUT2D eigenvalue weighted by molar-refractivity contribution is -0.00824. The summed E-state index contributed by atoms with van der Waals surface area (Å²) in [6.07, 6.45) is 5.18. The molecule has 7 nitrogen and oxygen atoms in total. The summed E-state index contributed by atoms with van der Waals surface area (Å²) in [5.74, 6) is 3.38. The predicted octanol–water partition coefficient (Wildman–Crippen LogP) is 0.806. The van der Waals surface area contributed by atoms with Gasteiger partial charge in [0.1, 0.15) is 6.10 Å². The van der Waals surface area contributed by atoms with Gasteiger partial charge in [0.05, 0.1) is 19.3 Å². The zero-order valence-corrected chi connectivity index (χ0v) is 16.6. The van der Waals surface area contributed by atoms with Crippen LogP contribution in [-0.2, 0) is 11.8 Å². The lowest BCUT2D eigenvalue weighted by atomic mass is 9.97. The first kappa shape index (κ1) is 18.5. The van der Waals surface area contributed by atoms with Crippen LogP contribution in [0.5, 0.6) is 0 Å². The van der Waals surface area contributed by atoms with Gasteiger partial charge in [0, 0.05) is 50.2 Å². The van der Waals surface area contributed by atoms with Crippen LogP contribution in [0.1, 0.15) is 18.1 Å². The molecule has 3 rings (SSSR count). The molecule has 2 unspecified atom stereocenters. The molecule has 0 spiro atoms. The molecule has 0 saturated carbocycles. The predicted molar refractivity (Wildman–Crippen MR) is 103 cm³/mol. The van der Waals surface area contributed by atoms with E-state index < -0.39 is 0 Å². The van der Waals surface area contributed by atoms with E-state index in [0.717, 1.165) is 31.2 Å². The van der Waals surface area contributed by atoms with Crippen molar-refractivity contribution in [3.63, 3.8) is 0 Å². The molecule has 1 aromatic rings. The highest BCUT2D eigenvalue weighted by molar-refractivity contribution is 7.99. The minimum Gasteiger partial charge on any atom is -0.370 e. The van der Waals surface area contributed by atoms with Crippen molar-refractivity contribution in [2.24, 2.45) is 12.0 Å². The van der Waals surface area contributed by atoms with Gasteiger partial charge in [0.2, 0.25) is 0 Å². The van der Waals surface area contributed by atoms with Crippen molar-refractivity contribution in [3.05, 3.63) is 18.0 Å². The number of aromatic nitrogens is 2. The summed E-state index contributed by atoms with van der Waals surface area (Å²) < 4.78 is 7.77. The highest BCUT2D eigenvalue weighted by Gasteiger charge is 2.37. The quantitative estimate of drug-likeness (QED) is 0.629. The fourth-order valence-electron chi connectivity index (χ4n) is 3.47. The van der Waals surface area contributed by atoms with Gasteiger partial charge in [-0.05, 0) is 26.3 Å². The highest BCUT2D eigenvalue weighted by Crippen LogP contribution is 2.31. The Bertz CT molecular complexity index is 596. The molecule has 1 aromatic heterocycles. The largest absolute Gasteiger partial charge is 0.370 e. The molecule has 1 N–H and O–H groups in total. The number of likely N-dealkylation sites (N-methyl/N-ethyl adjacent to an activating group) is 1. The normalized spacial score (nSPS) is 28.0. The lowest BCUT2D eigenvalue weighted by Crippen LogP contribution is -2.56. The molecule has 2 fully saturated rings. The third-order valence-electron chi connectivity index (χ3n) is 5.28. The van der Waals surface area contributed by atoms with Gasteiger partial charge in [0.15, 0.2) is 5.96 Å². The first-order chi connectivity index (χ1) is 12.0. The van der Waals surface area contributed by atoms with Crippen LogP contribution in [-0.4, -0.2) is 90.0 Å². The van der Waals surface area contributed by atoms with E-state index in [1.54, 1.807) is 0 Å². The Balaban J connectivity index is 1.62. The molecule has 2 atom stereocenters. The van der Waals surface area contributed by atoms with E-state index in [0.29, 0.717) is 6.61 Å². The Labute approximate surface area is 154 Å². The maximum Gasteiger partial charge on any atom is 0.193 e. The fraction of sp³-hybridized carbons (Fsp3) is 0.765. The zero-order valence-electron chi connectivity index (χ0n) is 15.7. The van der Waals surface area contributed by atoms with Crippen molar-refractivity contribution in [1.82, 2.24) is 24.9 Å².